The molecule has 2 aromatic rings. The van der Waals surface area contributed by atoms with Crippen LogP contribution in [0.3, 0.4) is 0 Å². The van der Waals surface area contributed by atoms with E-state index < -0.39 is 11.6 Å². The predicted octanol–water partition coefficient (Wildman–Crippen LogP) is 2.38. The monoisotopic (exact) mass is 270 g/mol. The average Bonchev–Trinajstić information content (AvgIpc) is 2.27. The van der Waals surface area contributed by atoms with Gasteiger partial charge in [0.1, 0.15) is 17.5 Å². The molecule has 0 spiro atoms. The predicted molar refractivity (Wildman–Crippen MR) is 63.6 cm³/mol. The van der Waals surface area contributed by atoms with Crippen LogP contribution in [0, 0.1) is 11.6 Å². The summed E-state index contributed by atoms with van der Waals surface area (Å²) in [4.78, 5) is 18.0. The van der Waals surface area contributed by atoms with Crippen LogP contribution >= 0.6 is 11.6 Å². The van der Waals surface area contributed by atoms with Crippen LogP contribution in [0.15, 0.2) is 29.2 Å². The van der Waals surface area contributed by atoms with Gasteiger partial charge in [0.05, 0.1) is 11.4 Å². The fourth-order valence-corrected chi connectivity index (χ4v) is 1.74. The van der Waals surface area contributed by atoms with Gasteiger partial charge in [-0.15, -0.1) is 11.6 Å². The highest BCUT2D eigenvalue weighted by molar-refractivity contribution is 6.17. The number of aromatic nitrogens is 2. The smallest absolute Gasteiger partial charge is 0.255 e. The van der Waals surface area contributed by atoms with Crippen molar-refractivity contribution in [2.45, 2.75) is 12.3 Å². The minimum atomic E-state index is -0.662. The maximum Gasteiger partial charge on any atom is 0.255 e. The van der Waals surface area contributed by atoms with Crippen molar-refractivity contribution in [2.24, 2.45) is 0 Å². The number of halogens is 3. The first-order chi connectivity index (χ1) is 8.58. The number of rotatable bonds is 3. The number of aromatic amines is 1. The number of hydrogen-bond donors (Lipinski definition) is 1. The van der Waals surface area contributed by atoms with E-state index in [2.05, 4.69) is 9.97 Å². The molecule has 94 valence electrons. The van der Waals surface area contributed by atoms with E-state index in [0.29, 0.717) is 17.0 Å². The second-order valence-corrected chi connectivity index (χ2v) is 4.04. The summed E-state index contributed by atoms with van der Waals surface area (Å²) in [7, 11) is 0. The molecule has 2 rings (SSSR count). The summed E-state index contributed by atoms with van der Waals surface area (Å²) in [6.07, 6.45) is 1.50. The fraction of sp³-hybridized carbons (Fsp3) is 0.167. The van der Waals surface area contributed by atoms with E-state index in [0.717, 1.165) is 6.07 Å². The molecule has 0 amide bonds. The minimum Gasteiger partial charge on any atom is -0.310 e. The molecular formula is C12H9ClF2N2O. The molecule has 1 heterocycles. The number of benzene rings is 1. The lowest BCUT2D eigenvalue weighted by Gasteiger charge is -2.03. The third-order valence-corrected chi connectivity index (χ3v) is 2.65. The number of hydrogen-bond acceptors (Lipinski definition) is 2. The van der Waals surface area contributed by atoms with Crippen molar-refractivity contribution in [2.75, 3.05) is 0 Å². The van der Waals surface area contributed by atoms with Crippen LogP contribution in [-0.2, 0) is 12.3 Å². The van der Waals surface area contributed by atoms with Gasteiger partial charge in [0.25, 0.3) is 5.56 Å². The van der Waals surface area contributed by atoms with Gasteiger partial charge in [-0.25, -0.2) is 13.8 Å². The van der Waals surface area contributed by atoms with Crippen molar-refractivity contribution in [1.29, 1.82) is 0 Å². The molecule has 0 saturated carbocycles. The number of alkyl halides is 1. The molecule has 0 bridgehead atoms. The molecule has 0 aliphatic heterocycles. The van der Waals surface area contributed by atoms with Crippen molar-refractivity contribution in [1.82, 2.24) is 9.97 Å². The summed E-state index contributed by atoms with van der Waals surface area (Å²) >= 11 is 5.53. The van der Waals surface area contributed by atoms with Gasteiger partial charge in [-0.1, -0.05) is 0 Å². The van der Waals surface area contributed by atoms with E-state index in [-0.39, 0.29) is 17.9 Å². The fourth-order valence-electron chi connectivity index (χ4n) is 1.55. The third-order valence-electron chi connectivity index (χ3n) is 2.36. The molecule has 0 saturated heterocycles. The van der Waals surface area contributed by atoms with Crippen molar-refractivity contribution >= 4 is 11.6 Å². The highest BCUT2D eigenvalue weighted by Gasteiger charge is 2.05. The SMILES string of the molecule is O=c1[nH]c(Cc2cc(F)cc(F)c2)ncc1CCl. The Morgan fingerprint density at radius 2 is 1.89 bits per heavy atom. The number of nitrogens with one attached hydrogen (secondary N) is 1. The molecule has 0 aliphatic rings. The molecule has 1 aromatic carbocycles. The lowest BCUT2D eigenvalue weighted by molar-refractivity contribution is 0.580. The van der Waals surface area contributed by atoms with Crippen molar-refractivity contribution in [3.63, 3.8) is 0 Å². The Bertz CT molecular complexity index is 607. The molecule has 0 radical (unpaired) electrons. The van der Waals surface area contributed by atoms with E-state index in [4.69, 9.17) is 11.6 Å². The zero-order valence-corrected chi connectivity index (χ0v) is 9.97. The van der Waals surface area contributed by atoms with Gasteiger partial charge in [-0.2, -0.15) is 0 Å². The molecule has 6 heteroatoms. The quantitative estimate of drug-likeness (QED) is 0.871. The van der Waals surface area contributed by atoms with Crippen LogP contribution in [0.1, 0.15) is 17.0 Å². The van der Waals surface area contributed by atoms with Crippen molar-refractivity contribution in [3.8, 4) is 0 Å². The van der Waals surface area contributed by atoms with Crippen LogP contribution in [0.5, 0.6) is 0 Å². The van der Waals surface area contributed by atoms with Crippen LogP contribution < -0.4 is 5.56 Å². The Labute approximate surface area is 106 Å². The Balaban J connectivity index is 2.28. The number of H-pyrrole nitrogens is 1. The summed E-state index contributed by atoms with van der Waals surface area (Å²) in [5, 5.41) is 0. The topological polar surface area (TPSA) is 45.8 Å². The molecule has 0 fully saturated rings. The highest BCUT2D eigenvalue weighted by atomic mass is 35.5. The molecule has 18 heavy (non-hydrogen) atoms. The van der Waals surface area contributed by atoms with Gasteiger partial charge in [0, 0.05) is 18.7 Å². The third kappa shape index (κ3) is 2.92. The summed E-state index contributed by atoms with van der Waals surface area (Å²) in [5.74, 6) is -0.926. The second kappa shape index (κ2) is 5.27. The van der Waals surface area contributed by atoms with E-state index in [1.807, 2.05) is 0 Å². The Morgan fingerprint density at radius 3 is 2.44 bits per heavy atom. The molecule has 1 N–H and O–H groups in total. The Kier molecular flexibility index (Phi) is 3.72. The zero-order chi connectivity index (χ0) is 13.1. The molecule has 0 unspecified atom stereocenters. The summed E-state index contributed by atoms with van der Waals surface area (Å²) < 4.78 is 26.0. The van der Waals surface area contributed by atoms with E-state index in [1.54, 1.807) is 0 Å². The average molecular weight is 271 g/mol. The van der Waals surface area contributed by atoms with E-state index in [9.17, 15) is 13.6 Å². The summed E-state index contributed by atoms with van der Waals surface area (Å²) in [6, 6.07) is 3.17. The van der Waals surface area contributed by atoms with Crippen molar-refractivity contribution < 1.29 is 8.78 Å². The Hall–Kier alpha value is -1.75. The summed E-state index contributed by atoms with van der Waals surface area (Å²) in [5.41, 5.74) is 0.409. The van der Waals surface area contributed by atoms with Gasteiger partial charge in [-0.3, -0.25) is 4.79 Å². The van der Waals surface area contributed by atoms with Gasteiger partial charge >= 0.3 is 0 Å². The van der Waals surface area contributed by atoms with Gasteiger partial charge < -0.3 is 4.98 Å². The summed E-state index contributed by atoms with van der Waals surface area (Å²) in [6.45, 7) is 0. The minimum absolute atomic E-state index is 0.0667. The maximum atomic E-state index is 13.0. The zero-order valence-electron chi connectivity index (χ0n) is 9.21. The molecule has 0 atom stereocenters. The van der Waals surface area contributed by atoms with Crippen LogP contribution in [0.2, 0.25) is 0 Å². The van der Waals surface area contributed by atoms with Gasteiger partial charge in [-0.05, 0) is 17.7 Å². The number of nitrogens with zero attached hydrogens (tertiary/aromatic N) is 1. The van der Waals surface area contributed by atoms with E-state index in [1.165, 1.54) is 18.3 Å². The lowest BCUT2D eigenvalue weighted by Crippen LogP contribution is -2.15. The Morgan fingerprint density at radius 1 is 1.22 bits per heavy atom. The van der Waals surface area contributed by atoms with Crippen LogP contribution in [-0.4, -0.2) is 9.97 Å². The van der Waals surface area contributed by atoms with E-state index >= 15 is 0 Å². The van der Waals surface area contributed by atoms with Gasteiger partial charge in [0.15, 0.2) is 0 Å². The van der Waals surface area contributed by atoms with Gasteiger partial charge in [0.2, 0.25) is 0 Å². The second-order valence-electron chi connectivity index (χ2n) is 3.77. The normalized spacial score (nSPS) is 10.6. The first-order valence-corrected chi connectivity index (χ1v) is 5.70. The highest BCUT2D eigenvalue weighted by Crippen LogP contribution is 2.10. The van der Waals surface area contributed by atoms with Crippen LogP contribution in [0.4, 0.5) is 8.78 Å². The molecule has 1 aromatic heterocycles. The largest absolute Gasteiger partial charge is 0.310 e. The molecule has 3 nitrogen and oxygen atoms in total. The molecule has 0 aliphatic carbocycles. The lowest BCUT2D eigenvalue weighted by atomic mass is 10.1. The molecular weight excluding hydrogens is 262 g/mol. The standard InChI is InChI=1S/C12H9ClF2N2O/c13-5-8-6-16-11(17-12(8)18)3-7-1-9(14)4-10(15)2-7/h1-2,4,6H,3,5H2,(H,16,17,18). The maximum absolute atomic E-state index is 13.0. The van der Waals surface area contributed by atoms with Crippen LogP contribution in [0.25, 0.3) is 0 Å². The first-order valence-electron chi connectivity index (χ1n) is 5.16. The first kappa shape index (κ1) is 12.7. The van der Waals surface area contributed by atoms with Crippen molar-refractivity contribution in [3.05, 3.63) is 63.3 Å².